The van der Waals surface area contributed by atoms with Crippen molar-refractivity contribution in [3.05, 3.63) is 57.6 Å². The van der Waals surface area contributed by atoms with Crippen molar-refractivity contribution in [3.63, 3.8) is 0 Å². The second-order valence-corrected chi connectivity index (χ2v) is 13.5. The number of carbonyl (C=O) groups is 1. The quantitative estimate of drug-likeness (QED) is 0.370. The molecule has 0 saturated heterocycles. The summed E-state index contributed by atoms with van der Waals surface area (Å²) in [6, 6.07) is 8.05. The molecule has 0 heterocycles. The summed E-state index contributed by atoms with van der Waals surface area (Å²) in [6.45, 7) is 27.3. The molecule has 1 N–H and O–H groups in total. The third kappa shape index (κ3) is 5.99. The van der Waals surface area contributed by atoms with Crippen molar-refractivity contribution in [2.75, 3.05) is 0 Å². The topological polar surface area (TPSA) is 46.5 Å². The maximum absolute atomic E-state index is 13.5. The van der Waals surface area contributed by atoms with Crippen LogP contribution in [0.5, 0.6) is 11.5 Å². The summed E-state index contributed by atoms with van der Waals surface area (Å²) in [5.41, 5.74) is 4.34. The van der Waals surface area contributed by atoms with E-state index in [1.165, 1.54) is 5.56 Å². The van der Waals surface area contributed by atoms with E-state index in [4.69, 9.17) is 4.74 Å². The maximum Gasteiger partial charge on any atom is 0.347 e. The number of esters is 1. The van der Waals surface area contributed by atoms with Gasteiger partial charge < -0.3 is 9.84 Å². The Morgan fingerprint density at radius 1 is 0.667 bits per heavy atom. The Labute approximate surface area is 201 Å². The second kappa shape index (κ2) is 8.49. The summed E-state index contributed by atoms with van der Waals surface area (Å²) in [4.78, 5) is 13.5. The first kappa shape index (κ1) is 27.0. The van der Waals surface area contributed by atoms with Gasteiger partial charge in [0.15, 0.2) is 0 Å². The highest BCUT2D eigenvalue weighted by Gasteiger charge is 2.30. The lowest BCUT2D eigenvalue weighted by molar-refractivity contribution is 0.0727. The summed E-state index contributed by atoms with van der Waals surface area (Å²) in [6.07, 6.45) is 0. The Kier molecular flexibility index (Phi) is 6.93. The van der Waals surface area contributed by atoms with Crippen molar-refractivity contribution < 1.29 is 14.6 Å². The fourth-order valence-corrected chi connectivity index (χ4v) is 3.84. The zero-order chi connectivity index (χ0) is 25.7. The molecular weight excluding hydrogens is 408 g/mol. The summed E-state index contributed by atoms with van der Waals surface area (Å²) in [5, 5.41) is 11.1. The monoisotopic (exact) mass is 452 g/mol. The maximum atomic E-state index is 13.5. The normalized spacial score (nSPS) is 13.2. The fourth-order valence-electron chi connectivity index (χ4n) is 3.84. The van der Waals surface area contributed by atoms with Crippen molar-refractivity contribution in [3.8, 4) is 11.5 Å². The molecule has 2 aromatic carbocycles. The molecule has 33 heavy (non-hydrogen) atoms. The number of aromatic hydroxyl groups is 1. The smallest absolute Gasteiger partial charge is 0.347 e. The minimum absolute atomic E-state index is 0.00164. The van der Waals surface area contributed by atoms with Crippen molar-refractivity contribution in [2.45, 2.75) is 112 Å². The van der Waals surface area contributed by atoms with E-state index in [9.17, 15) is 9.90 Å². The first-order chi connectivity index (χ1) is 14.6. The standard InChI is InChI=1S/C30H44O3/c1-18-14-19(27(2,3)4)17-23(30(11,12)13)25(18)33-26(32)21-15-20(28(5,6)7)16-22(24(21)31)29(8,9)10/h14-17,31H,1-13H3. The fraction of sp³-hybridized carbons (Fsp3) is 0.567. The van der Waals surface area contributed by atoms with Crippen LogP contribution in [0, 0.1) is 6.92 Å². The van der Waals surface area contributed by atoms with E-state index < -0.39 is 5.97 Å². The number of rotatable bonds is 2. The van der Waals surface area contributed by atoms with Gasteiger partial charge in [0.2, 0.25) is 0 Å². The predicted molar refractivity (Wildman–Crippen MR) is 139 cm³/mol. The van der Waals surface area contributed by atoms with Crippen LogP contribution in [0.2, 0.25) is 0 Å². The van der Waals surface area contributed by atoms with Crippen LogP contribution in [0.25, 0.3) is 0 Å². The molecule has 182 valence electrons. The van der Waals surface area contributed by atoms with Gasteiger partial charge >= 0.3 is 5.97 Å². The molecule has 3 heteroatoms. The summed E-state index contributed by atoms with van der Waals surface area (Å²) >= 11 is 0. The molecule has 0 saturated carbocycles. The Hall–Kier alpha value is -2.29. The summed E-state index contributed by atoms with van der Waals surface area (Å²) in [7, 11) is 0. The van der Waals surface area contributed by atoms with E-state index in [-0.39, 0.29) is 33.0 Å². The largest absolute Gasteiger partial charge is 0.507 e. The lowest BCUT2D eigenvalue weighted by atomic mass is 9.78. The predicted octanol–water partition coefficient (Wildman–Crippen LogP) is 8.11. The number of benzene rings is 2. The molecule has 0 aromatic heterocycles. The Balaban J connectivity index is 2.70. The van der Waals surface area contributed by atoms with Crippen LogP contribution in [0.15, 0.2) is 24.3 Å². The highest BCUT2D eigenvalue weighted by Crippen LogP contribution is 2.41. The molecule has 0 atom stereocenters. The molecule has 0 aliphatic heterocycles. The van der Waals surface area contributed by atoms with Gasteiger partial charge in [-0.2, -0.15) is 0 Å². The highest BCUT2D eigenvalue weighted by molar-refractivity contribution is 5.95. The summed E-state index contributed by atoms with van der Waals surface area (Å²) in [5.74, 6) is 0.0568. The van der Waals surface area contributed by atoms with Crippen LogP contribution in [0.1, 0.15) is 121 Å². The van der Waals surface area contributed by atoms with Gasteiger partial charge in [0, 0.05) is 11.1 Å². The number of phenolic OH excluding ortho intramolecular Hbond substituents is 1. The number of ether oxygens (including phenoxy) is 1. The third-order valence-corrected chi connectivity index (χ3v) is 6.15. The van der Waals surface area contributed by atoms with E-state index in [1.54, 1.807) is 6.07 Å². The van der Waals surface area contributed by atoms with Crippen molar-refractivity contribution in [1.82, 2.24) is 0 Å². The van der Waals surface area contributed by atoms with Gasteiger partial charge in [0.1, 0.15) is 17.1 Å². The molecule has 0 unspecified atom stereocenters. The van der Waals surface area contributed by atoms with Crippen molar-refractivity contribution >= 4 is 5.97 Å². The first-order valence-corrected chi connectivity index (χ1v) is 11.9. The first-order valence-electron chi connectivity index (χ1n) is 11.9. The number of hydrogen-bond donors (Lipinski definition) is 1. The molecule has 3 nitrogen and oxygen atoms in total. The zero-order valence-electron chi connectivity index (χ0n) is 23.1. The number of hydrogen-bond acceptors (Lipinski definition) is 3. The lowest BCUT2D eigenvalue weighted by Crippen LogP contribution is -2.22. The van der Waals surface area contributed by atoms with Crippen LogP contribution in [-0.4, -0.2) is 11.1 Å². The van der Waals surface area contributed by atoms with Crippen LogP contribution in [-0.2, 0) is 21.7 Å². The summed E-state index contributed by atoms with van der Waals surface area (Å²) < 4.78 is 6.07. The molecule has 2 rings (SSSR count). The van der Waals surface area contributed by atoms with Gasteiger partial charge in [-0.15, -0.1) is 0 Å². The highest BCUT2D eigenvalue weighted by atomic mass is 16.5. The average molecular weight is 453 g/mol. The van der Waals surface area contributed by atoms with Gasteiger partial charge in [-0.1, -0.05) is 101 Å². The molecule has 0 bridgehead atoms. The van der Waals surface area contributed by atoms with E-state index in [2.05, 4.69) is 74.4 Å². The SMILES string of the molecule is Cc1cc(C(C)(C)C)cc(C(C)(C)C)c1OC(=O)c1cc(C(C)(C)C)cc(C(C)(C)C)c1O. The van der Waals surface area contributed by atoms with E-state index in [0.29, 0.717) is 5.75 Å². The zero-order valence-corrected chi connectivity index (χ0v) is 23.1. The van der Waals surface area contributed by atoms with Gasteiger partial charge in [0.25, 0.3) is 0 Å². The van der Waals surface area contributed by atoms with Gasteiger partial charge in [-0.05, 0) is 51.3 Å². The minimum Gasteiger partial charge on any atom is -0.507 e. The molecule has 0 amide bonds. The second-order valence-electron chi connectivity index (χ2n) is 13.5. The van der Waals surface area contributed by atoms with Crippen molar-refractivity contribution in [1.29, 1.82) is 0 Å². The van der Waals surface area contributed by atoms with Crippen LogP contribution in [0.3, 0.4) is 0 Å². The molecule has 0 radical (unpaired) electrons. The number of aryl methyl sites for hydroxylation is 1. The molecule has 0 fully saturated rings. The van der Waals surface area contributed by atoms with Crippen LogP contribution in [0.4, 0.5) is 0 Å². The van der Waals surface area contributed by atoms with Crippen LogP contribution >= 0.6 is 0 Å². The third-order valence-electron chi connectivity index (χ3n) is 6.15. The van der Waals surface area contributed by atoms with E-state index in [1.807, 2.05) is 33.8 Å². The van der Waals surface area contributed by atoms with Crippen molar-refractivity contribution in [2.24, 2.45) is 0 Å². The van der Waals surface area contributed by atoms with Gasteiger partial charge in [-0.3, -0.25) is 0 Å². The van der Waals surface area contributed by atoms with E-state index >= 15 is 0 Å². The molecule has 2 aromatic rings. The Morgan fingerprint density at radius 3 is 1.52 bits per heavy atom. The molecule has 0 aliphatic carbocycles. The van der Waals surface area contributed by atoms with E-state index in [0.717, 1.165) is 22.3 Å². The number of carbonyl (C=O) groups excluding carboxylic acids is 1. The Bertz CT molecular complexity index is 1050. The Morgan fingerprint density at radius 2 is 1.09 bits per heavy atom. The minimum atomic E-state index is -0.527. The lowest BCUT2D eigenvalue weighted by Gasteiger charge is -2.29. The van der Waals surface area contributed by atoms with Crippen LogP contribution < -0.4 is 4.74 Å². The molecule has 0 aliphatic rings. The van der Waals surface area contributed by atoms with Gasteiger partial charge in [-0.25, -0.2) is 4.79 Å². The number of phenols is 1. The molecular formula is C30H44O3. The average Bonchev–Trinajstić information content (AvgIpc) is 2.59. The van der Waals surface area contributed by atoms with Gasteiger partial charge in [0.05, 0.1) is 0 Å². The molecule has 0 spiro atoms.